The molecule has 0 unspecified atom stereocenters. The number of nitrogens with zero attached hydrogens (tertiary/aromatic N) is 3. The lowest BCUT2D eigenvalue weighted by atomic mass is 10.1. The number of carbonyl (C=O) groups is 1. The Kier molecular flexibility index (Phi) is 4.08. The van der Waals surface area contributed by atoms with Gasteiger partial charge in [-0.1, -0.05) is 11.6 Å². The minimum absolute atomic E-state index is 0.213. The third-order valence-electron chi connectivity index (χ3n) is 4.17. The quantitative estimate of drug-likeness (QED) is 0.924. The van der Waals surface area contributed by atoms with Crippen molar-refractivity contribution in [1.82, 2.24) is 14.5 Å². The van der Waals surface area contributed by atoms with Crippen LogP contribution in [0.5, 0.6) is 0 Å². The van der Waals surface area contributed by atoms with Gasteiger partial charge < -0.3 is 15.0 Å². The predicted octanol–water partition coefficient (Wildman–Crippen LogP) is 1.30. The van der Waals surface area contributed by atoms with Gasteiger partial charge >= 0.3 is 0 Å². The topological polar surface area (TPSA) is 73.4 Å². The third kappa shape index (κ3) is 2.69. The van der Waals surface area contributed by atoms with Crippen LogP contribution < -0.4 is 5.73 Å². The first kappa shape index (κ1) is 15.3. The Morgan fingerprint density at radius 3 is 3.05 bits per heavy atom. The Bertz CT molecular complexity index is 715. The molecule has 2 aromatic rings. The maximum absolute atomic E-state index is 11.7. The summed E-state index contributed by atoms with van der Waals surface area (Å²) in [6.07, 6.45) is -0.213. The molecule has 1 amide bonds. The first-order chi connectivity index (χ1) is 10.5. The van der Waals surface area contributed by atoms with Crippen LogP contribution in [0.2, 0.25) is 5.02 Å². The molecule has 0 bridgehead atoms. The van der Waals surface area contributed by atoms with E-state index in [-0.39, 0.29) is 12.0 Å². The maximum Gasteiger partial charge on any atom is 0.237 e. The number of rotatable bonds is 3. The Morgan fingerprint density at radius 2 is 2.32 bits per heavy atom. The van der Waals surface area contributed by atoms with Crippen molar-refractivity contribution in [3.05, 3.63) is 29.0 Å². The lowest BCUT2D eigenvalue weighted by Crippen LogP contribution is -2.56. The molecule has 2 N–H and O–H groups in total. The van der Waals surface area contributed by atoms with E-state index in [9.17, 15) is 4.79 Å². The first-order valence-corrected chi connectivity index (χ1v) is 7.61. The Balaban J connectivity index is 1.91. The second kappa shape index (κ2) is 5.87. The van der Waals surface area contributed by atoms with Gasteiger partial charge in [-0.15, -0.1) is 0 Å². The molecule has 0 spiro atoms. The SMILES string of the molecule is C[C@H]1OCCN(Cc2nc3cc(Cl)ccc3n2C)[C@@H]1C(N)=O. The summed E-state index contributed by atoms with van der Waals surface area (Å²) in [6, 6.07) is 5.20. The number of aryl methyl sites for hydroxylation is 1. The predicted molar refractivity (Wildman–Crippen MR) is 84.5 cm³/mol. The second-order valence-electron chi connectivity index (χ2n) is 5.61. The maximum atomic E-state index is 11.7. The minimum atomic E-state index is -0.433. The van der Waals surface area contributed by atoms with Crippen LogP contribution in [-0.4, -0.2) is 45.7 Å². The summed E-state index contributed by atoms with van der Waals surface area (Å²) in [5.74, 6) is 0.506. The van der Waals surface area contributed by atoms with E-state index in [1.54, 1.807) is 0 Å². The number of hydrogen-bond acceptors (Lipinski definition) is 4. The number of aromatic nitrogens is 2. The standard InChI is InChI=1S/C15H19ClN4O2/c1-9-14(15(17)21)20(5-6-22-9)8-13-18-11-7-10(16)3-4-12(11)19(13)2/h3-4,7,9,14H,5-6,8H2,1-2H3,(H2,17,21)/t9-,14+/m1/s1. The van der Waals surface area contributed by atoms with Crippen LogP contribution in [0.3, 0.4) is 0 Å². The summed E-state index contributed by atoms with van der Waals surface area (Å²) in [4.78, 5) is 18.4. The summed E-state index contributed by atoms with van der Waals surface area (Å²) >= 11 is 6.02. The Hall–Kier alpha value is -1.63. The molecule has 0 radical (unpaired) electrons. The lowest BCUT2D eigenvalue weighted by molar-refractivity contribution is -0.136. The van der Waals surface area contributed by atoms with Crippen LogP contribution in [0.15, 0.2) is 18.2 Å². The van der Waals surface area contributed by atoms with Crippen molar-refractivity contribution in [3.63, 3.8) is 0 Å². The monoisotopic (exact) mass is 322 g/mol. The highest BCUT2D eigenvalue weighted by molar-refractivity contribution is 6.31. The average Bonchev–Trinajstić information content (AvgIpc) is 2.74. The van der Waals surface area contributed by atoms with Crippen LogP contribution in [0.4, 0.5) is 0 Å². The number of halogens is 1. The van der Waals surface area contributed by atoms with Gasteiger partial charge in [-0.2, -0.15) is 0 Å². The van der Waals surface area contributed by atoms with Crippen LogP contribution in [0, 0.1) is 0 Å². The lowest BCUT2D eigenvalue weighted by Gasteiger charge is -2.37. The molecule has 2 atom stereocenters. The van der Waals surface area contributed by atoms with E-state index >= 15 is 0 Å². The van der Waals surface area contributed by atoms with Crippen LogP contribution >= 0.6 is 11.6 Å². The number of benzene rings is 1. The molecule has 3 rings (SSSR count). The molecule has 118 valence electrons. The molecule has 0 aliphatic carbocycles. The molecule has 1 aromatic heterocycles. The molecule has 1 aromatic carbocycles. The van der Waals surface area contributed by atoms with Crippen molar-refractivity contribution in [2.75, 3.05) is 13.2 Å². The van der Waals surface area contributed by atoms with Crippen molar-refractivity contribution in [3.8, 4) is 0 Å². The molecule has 7 heteroatoms. The van der Waals surface area contributed by atoms with Gasteiger partial charge in [0, 0.05) is 18.6 Å². The third-order valence-corrected chi connectivity index (χ3v) is 4.40. The van der Waals surface area contributed by atoms with Crippen molar-refractivity contribution in [2.24, 2.45) is 12.8 Å². The van der Waals surface area contributed by atoms with E-state index in [1.807, 2.05) is 41.6 Å². The van der Waals surface area contributed by atoms with Crippen LogP contribution in [0.25, 0.3) is 11.0 Å². The van der Waals surface area contributed by atoms with Gasteiger partial charge in [0.05, 0.1) is 30.3 Å². The fraction of sp³-hybridized carbons (Fsp3) is 0.467. The Labute approximate surface area is 133 Å². The van der Waals surface area contributed by atoms with Gasteiger partial charge in [0.25, 0.3) is 0 Å². The smallest absolute Gasteiger partial charge is 0.237 e. The summed E-state index contributed by atoms with van der Waals surface area (Å²) < 4.78 is 7.56. The molecular weight excluding hydrogens is 304 g/mol. The molecule has 22 heavy (non-hydrogen) atoms. The zero-order valence-corrected chi connectivity index (χ0v) is 13.4. The van der Waals surface area contributed by atoms with E-state index in [4.69, 9.17) is 22.1 Å². The fourth-order valence-corrected chi connectivity index (χ4v) is 3.18. The normalized spacial score (nSPS) is 23.0. The zero-order chi connectivity index (χ0) is 15.9. The molecule has 1 aliphatic rings. The van der Waals surface area contributed by atoms with Crippen molar-refractivity contribution < 1.29 is 9.53 Å². The number of fused-ring (bicyclic) bond motifs is 1. The van der Waals surface area contributed by atoms with Gasteiger partial charge in [-0.3, -0.25) is 9.69 Å². The fourth-order valence-electron chi connectivity index (χ4n) is 3.02. The minimum Gasteiger partial charge on any atom is -0.375 e. The number of imidazole rings is 1. The number of carbonyl (C=O) groups excluding carboxylic acids is 1. The van der Waals surface area contributed by atoms with E-state index < -0.39 is 6.04 Å². The van der Waals surface area contributed by atoms with Gasteiger partial charge in [-0.25, -0.2) is 4.98 Å². The largest absolute Gasteiger partial charge is 0.375 e. The number of ether oxygens (including phenoxy) is 1. The van der Waals surface area contributed by atoms with Gasteiger partial charge in [0.1, 0.15) is 11.9 Å². The highest BCUT2D eigenvalue weighted by Gasteiger charge is 2.34. The van der Waals surface area contributed by atoms with E-state index in [0.717, 1.165) is 16.9 Å². The first-order valence-electron chi connectivity index (χ1n) is 7.23. The summed E-state index contributed by atoms with van der Waals surface area (Å²) in [5, 5.41) is 0.659. The van der Waals surface area contributed by atoms with E-state index in [1.165, 1.54) is 0 Å². The molecule has 2 heterocycles. The number of morpholine rings is 1. The van der Waals surface area contributed by atoms with Crippen molar-refractivity contribution in [1.29, 1.82) is 0 Å². The number of nitrogens with two attached hydrogens (primary N) is 1. The molecule has 1 aliphatic heterocycles. The van der Waals surface area contributed by atoms with Crippen molar-refractivity contribution >= 4 is 28.5 Å². The second-order valence-corrected chi connectivity index (χ2v) is 6.05. The van der Waals surface area contributed by atoms with Crippen molar-refractivity contribution in [2.45, 2.75) is 25.6 Å². The highest BCUT2D eigenvalue weighted by atomic mass is 35.5. The van der Waals surface area contributed by atoms with E-state index in [0.29, 0.717) is 24.7 Å². The molecular formula is C15H19ClN4O2. The molecule has 1 saturated heterocycles. The highest BCUT2D eigenvalue weighted by Crippen LogP contribution is 2.22. The molecule has 6 nitrogen and oxygen atoms in total. The van der Waals surface area contributed by atoms with Gasteiger partial charge in [-0.05, 0) is 25.1 Å². The zero-order valence-electron chi connectivity index (χ0n) is 12.6. The Morgan fingerprint density at radius 1 is 1.55 bits per heavy atom. The van der Waals surface area contributed by atoms with Gasteiger partial charge in [0.15, 0.2) is 0 Å². The summed E-state index contributed by atoms with van der Waals surface area (Å²) in [7, 11) is 1.96. The summed E-state index contributed by atoms with van der Waals surface area (Å²) in [5.41, 5.74) is 7.39. The summed E-state index contributed by atoms with van der Waals surface area (Å²) in [6.45, 7) is 3.66. The molecule has 0 saturated carbocycles. The molecule has 1 fully saturated rings. The van der Waals surface area contributed by atoms with Crippen LogP contribution in [-0.2, 0) is 23.1 Å². The van der Waals surface area contributed by atoms with E-state index in [2.05, 4.69) is 4.98 Å². The average molecular weight is 323 g/mol. The van der Waals surface area contributed by atoms with Gasteiger partial charge in [0.2, 0.25) is 5.91 Å². The van der Waals surface area contributed by atoms with Crippen LogP contribution in [0.1, 0.15) is 12.7 Å². The number of amides is 1. The number of primary amides is 1. The number of hydrogen-bond donors (Lipinski definition) is 1.